The van der Waals surface area contributed by atoms with E-state index >= 15 is 0 Å². The summed E-state index contributed by atoms with van der Waals surface area (Å²) < 4.78 is 0. The van der Waals surface area contributed by atoms with E-state index in [1.807, 2.05) is 24.3 Å². The van der Waals surface area contributed by atoms with Gasteiger partial charge in [-0.2, -0.15) is 5.10 Å². The Kier molecular flexibility index (Phi) is 4.38. The minimum absolute atomic E-state index is 0.0161. The normalized spacial score (nSPS) is 10.9. The molecule has 7 heteroatoms. The maximum atomic E-state index is 12.1. The number of phenolic OH excluding ortho intramolecular Hbond substituents is 1. The number of nitrogens with one attached hydrogen (secondary N) is 1. The van der Waals surface area contributed by atoms with Crippen LogP contribution in [-0.4, -0.2) is 22.2 Å². The first-order valence-electron chi connectivity index (χ1n) is 7.35. The lowest BCUT2D eigenvalue weighted by molar-refractivity contribution is -0.385. The summed E-state index contributed by atoms with van der Waals surface area (Å²) in [7, 11) is 0. The maximum absolute atomic E-state index is 12.1. The van der Waals surface area contributed by atoms with Crippen molar-refractivity contribution < 1.29 is 14.8 Å². The molecule has 1 amide bonds. The van der Waals surface area contributed by atoms with Gasteiger partial charge in [0.05, 0.1) is 11.1 Å². The average molecular weight is 335 g/mol. The highest BCUT2D eigenvalue weighted by Crippen LogP contribution is 2.25. The monoisotopic (exact) mass is 335 g/mol. The van der Waals surface area contributed by atoms with Gasteiger partial charge in [0, 0.05) is 11.6 Å². The molecule has 0 heterocycles. The number of nitro benzene ring substituents is 1. The van der Waals surface area contributed by atoms with Gasteiger partial charge >= 0.3 is 0 Å². The van der Waals surface area contributed by atoms with E-state index in [1.165, 1.54) is 36.5 Å². The molecule has 0 spiro atoms. The minimum Gasteiger partial charge on any atom is -0.507 e. The van der Waals surface area contributed by atoms with Crippen LogP contribution in [0.5, 0.6) is 5.75 Å². The Bertz CT molecular complexity index is 999. The number of hydrogen-bond donors (Lipinski definition) is 2. The van der Waals surface area contributed by atoms with Crippen molar-refractivity contribution in [2.75, 3.05) is 0 Å². The summed E-state index contributed by atoms with van der Waals surface area (Å²) in [4.78, 5) is 22.5. The van der Waals surface area contributed by atoms with E-state index in [0.717, 1.165) is 10.8 Å². The summed E-state index contributed by atoms with van der Waals surface area (Å²) >= 11 is 0. The van der Waals surface area contributed by atoms with Gasteiger partial charge in [0.1, 0.15) is 11.3 Å². The van der Waals surface area contributed by atoms with Crippen LogP contribution in [0.1, 0.15) is 15.9 Å². The molecule has 0 atom stereocenters. The number of para-hydroxylation sites is 1. The molecule has 0 bridgehead atoms. The summed E-state index contributed by atoms with van der Waals surface area (Å²) in [6, 6.07) is 16.3. The molecule has 3 rings (SSSR count). The minimum atomic E-state index is -0.705. The lowest BCUT2D eigenvalue weighted by Gasteiger charge is -2.05. The van der Waals surface area contributed by atoms with Crippen LogP contribution in [0, 0.1) is 10.1 Å². The zero-order chi connectivity index (χ0) is 17.8. The van der Waals surface area contributed by atoms with E-state index in [4.69, 9.17) is 0 Å². The average Bonchev–Trinajstić information content (AvgIpc) is 2.63. The molecule has 3 aromatic rings. The molecule has 0 aliphatic rings. The molecule has 0 radical (unpaired) electrons. The summed E-state index contributed by atoms with van der Waals surface area (Å²) in [5, 5.41) is 26.5. The number of amides is 1. The van der Waals surface area contributed by atoms with E-state index in [-0.39, 0.29) is 17.0 Å². The SMILES string of the molecule is O=C(N/N=C/c1c(O)ccc2ccccc12)c1ccccc1[N+](=O)[O-]. The van der Waals surface area contributed by atoms with Crippen LogP contribution in [0.25, 0.3) is 10.8 Å². The van der Waals surface area contributed by atoms with Crippen LogP contribution in [0.4, 0.5) is 5.69 Å². The van der Waals surface area contributed by atoms with Crippen molar-refractivity contribution in [3.05, 3.63) is 81.9 Å². The fourth-order valence-electron chi connectivity index (χ4n) is 2.46. The number of nitro groups is 1. The van der Waals surface area contributed by atoms with Crippen molar-refractivity contribution in [2.45, 2.75) is 0 Å². The van der Waals surface area contributed by atoms with Crippen molar-refractivity contribution in [1.82, 2.24) is 5.43 Å². The predicted octanol–water partition coefficient (Wildman–Crippen LogP) is 3.22. The number of carbonyl (C=O) groups is 1. The molecule has 25 heavy (non-hydrogen) atoms. The van der Waals surface area contributed by atoms with Crippen molar-refractivity contribution in [2.24, 2.45) is 5.10 Å². The molecule has 7 nitrogen and oxygen atoms in total. The fraction of sp³-hybridized carbons (Fsp3) is 0. The number of carbonyl (C=O) groups excluding carboxylic acids is 1. The number of fused-ring (bicyclic) bond motifs is 1. The number of rotatable bonds is 4. The molecule has 0 aliphatic carbocycles. The Hall–Kier alpha value is -3.74. The number of aromatic hydroxyl groups is 1. The number of hydrogen-bond acceptors (Lipinski definition) is 5. The first kappa shape index (κ1) is 16.1. The van der Waals surface area contributed by atoms with Crippen molar-refractivity contribution in [3.63, 3.8) is 0 Å². The molecule has 124 valence electrons. The first-order valence-corrected chi connectivity index (χ1v) is 7.35. The smallest absolute Gasteiger partial charge is 0.282 e. The van der Waals surface area contributed by atoms with Crippen LogP contribution in [0.15, 0.2) is 65.8 Å². The van der Waals surface area contributed by atoms with Crippen LogP contribution < -0.4 is 5.43 Å². The van der Waals surface area contributed by atoms with Crippen LogP contribution in [0.2, 0.25) is 0 Å². The number of nitrogens with zero attached hydrogens (tertiary/aromatic N) is 2. The van der Waals surface area contributed by atoms with Crippen molar-refractivity contribution >= 4 is 28.6 Å². The predicted molar refractivity (Wildman–Crippen MR) is 93.8 cm³/mol. The molecule has 0 fully saturated rings. The van der Waals surface area contributed by atoms with E-state index in [9.17, 15) is 20.0 Å². The molecular weight excluding hydrogens is 322 g/mol. The third-order valence-electron chi connectivity index (χ3n) is 3.65. The summed E-state index contributed by atoms with van der Waals surface area (Å²) in [6.45, 7) is 0. The number of hydrazone groups is 1. The standard InChI is InChI=1S/C18H13N3O4/c22-17-10-9-12-5-1-2-6-13(12)15(17)11-19-20-18(23)14-7-3-4-8-16(14)21(24)25/h1-11,22H,(H,20,23)/b19-11+. The Morgan fingerprint density at radius 3 is 2.60 bits per heavy atom. The second kappa shape index (κ2) is 6.79. The van der Waals surface area contributed by atoms with Gasteiger partial charge < -0.3 is 5.11 Å². The topological polar surface area (TPSA) is 105 Å². The van der Waals surface area contributed by atoms with Crippen LogP contribution in [0.3, 0.4) is 0 Å². The van der Waals surface area contributed by atoms with Gasteiger partial charge in [-0.15, -0.1) is 0 Å². The Morgan fingerprint density at radius 2 is 1.80 bits per heavy atom. The number of phenols is 1. The molecule has 0 unspecified atom stereocenters. The van der Waals surface area contributed by atoms with Gasteiger partial charge in [-0.05, 0) is 22.9 Å². The van der Waals surface area contributed by atoms with Gasteiger partial charge in [0.25, 0.3) is 11.6 Å². The van der Waals surface area contributed by atoms with E-state index in [0.29, 0.717) is 5.56 Å². The summed E-state index contributed by atoms with van der Waals surface area (Å²) in [5.74, 6) is -0.689. The van der Waals surface area contributed by atoms with E-state index in [1.54, 1.807) is 6.07 Å². The third kappa shape index (κ3) is 3.30. The highest BCUT2D eigenvalue weighted by Gasteiger charge is 2.18. The van der Waals surface area contributed by atoms with Gasteiger partial charge in [-0.3, -0.25) is 14.9 Å². The lowest BCUT2D eigenvalue weighted by Crippen LogP contribution is -2.19. The summed E-state index contributed by atoms with van der Waals surface area (Å²) in [5.41, 5.74) is 2.30. The number of benzene rings is 3. The quantitative estimate of drug-likeness (QED) is 0.434. The maximum Gasteiger partial charge on any atom is 0.282 e. The Balaban J connectivity index is 1.86. The molecule has 0 saturated heterocycles. The zero-order valence-electron chi connectivity index (χ0n) is 12.9. The highest BCUT2D eigenvalue weighted by molar-refractivity contribution is 6.03. The highest BCUT2D eigenvalue weighted by atomic mass is 16.6. The molecule has 0 aromatic heterocycles. The molecular formula is C18H13N3O4. The molecule has 3 aromatic carbocycles. The molecule has 0 aliphatic heterocycles. The van der Waals surface area contributed by atoms with E-state index < -0.39 is 10.8 Å². The van der Waals surface area contributed by atoms with Gasteiger partial charge in [0.2, 0.25) is 0 Å². The largest absolute Gasteiger partial charge is 0.507 e. The Labute approximate surface area is 142 Å². The second-order valence-corrected chi connectivity index (χ2v) is 5.19. The van der Waals surface area contributed by atoms with Gasteiger partial charge in [0.15, 0.2) is 0 Å². The van der Waals surface area contributed by atoms with Crippen molar-refractivity contribution in [1.29, 1.82) is 0 Å². The second-order valence-electron chi connectivity index (χ2n) is 5.19. The Morgan fingerprint density at radius 1 is 1.08 bits per heavy atom. The fourth-order valence-corrected chi connectivity index (χ4v) is 2.46. The summed E-state index contributed by atoms with van der Waals surface area (Å²) in [6.07, 6.45) is 1.31. The molecule has 2 N–H and O–H groups in total. The van der Waals surface area contributed by atoms with Crippen LogP contribution >= 0.6 is 0 Å². The zero-order valence-corrected chi connectivity index (χ0v) is 12.9. The third-order valence-corrected chi connectivity index (χ3v) is 3.65. The van der Waals surface area contributed by atoms with Gasteiger partial charge in [-0.25, -0.2) is 5.43 Å². The first-order chi connectivity index (χ1) is 12.1. The van der Waals surface area contributed by atoms with E-state index in [2.05, 4.69) is 10.5 Å². The lowest BCUT2D eigenvalue weighted by atomic mass is 10.0. The van der Waals surface area contributed by atoms with Crippen LogP contribution in [-0.2, 0) is 0 Å². The van der Waals surface area contributed by atoms with Gasteiger partial charge in [-0.1, -0.05) is 42.5 Å². The van der Waals surface area contributed by atoms with Crippen molar-refractivity contribution in [3.8, 4) is 5.75 Å². The molecule has 0 saturated carbocycles.